The van der Waals surface area contributed by atoms with Gasteiger partial charge in [-0.05, 0) is 6.92 Å². The Labute approximate surface area is 93.2 Å². The third-order valence-corrected chi connectivity index (χ3v) is 3.64. The van der Waals surface area contributed by atoms with Gasteiger partial charge in [0.25, 0.3) is 0 Å². The van der Waals surface area contributed by atoms with Gasteiger partial charge < -0.3 is 10.4 Å². The largest absolute Gasteiger partial charge is 0.392 e. The molecule has 0 radical (unpaired) electrons. The molecule has 1 heterocycles. The van der Waals surface area contributed by atoms with Crippen LogP contribution in [0, 0.1) is 0 Å². The van der Waals surface area contributed by atoms with Crippen LogP contribution in [-0.2, 0) is 4.79 Å². The lowest BCUT2D eigenvalue weighted by Gasteiger charge is -2.16. The van der Waals surface area contributed by atoms with E-state index in [9.17, 15) is 14.7 Å². The number of carbonyl (C=O) groups is 2. The summed E-state index contributed by atoms with van der Waals surface area (Å²) in [6.45, 7) is 4.51. The van der Waals surface area contributed by atoms with Crippen LogP contribution in [0.4, 0.5) is 4.79 Å². The molecule has 0 aromatic rings. The van der Waals surface area contributed by atoms with Crippen molar-refractivity contribution in [3.05, 3.63) is 0 Å². The van der Waals surface area contributed by atoms with Gasteiger partial charge in [-0.2, -0.15) is 0 Å². The molecule has 2 atom stereocenters. The number of urea groups is 1. The second-order valence-electron chi connectivity index (χ2n) is 3.53. The predicted molar refractivity (Wildman–Crippen MR) is 58.7 cm³/mol. The third-order valence-electron chi connectivity index (χ3n) is 2.31. The zero-order chi connectivity index (χ0) is 11.4. The first kappa shape index (κ1) is 12.3. The molecule has 1 fully saturated rings. The summed E-state index contributed by atoms with van der Waals surface area (Å²) >= 11 is 1.36. The van der Waals surface area contributed by atoms with Crippen LogP contribution in [0.15, 0.2) is 0 Å². The SMILES string of the molecule is CC(O)C(C)SCC(=O)N1CCNC1=O. The average molecular weight is 232 g/mol. The summed E-state index contributed by atoms with van der Waals surface area (Å²) in [7, 11) is 0. The number of thioether (sulfide) groups is 1. The topological polar surface area (TPSA) is 69.6 Å². The van der Waals surface area contributed by atoms with E-state index in [4.69, 9.17) is 0 Å². The lowest BCUT2D eigenvalue weighted by molar-refractivity contribution is -0.124. The van der Waals surface area contributed by atoms with E-state index in [1.54, 1.807) is 6.92 Å². The van der Waals surface area contributed by atoms with Gasteiger partial charge in [0.15, 0.2) is 0 Å². The molecule has 0 bridgehead atoms. The van der Waals surface area contributed by atoms with Crippen LogP contribution in [0.2, 0.25) is 0 Å². The Hall–Kier alpha value is -0.750. The van der Waals surface area contributed by atoms with E-state index in [1.165, 1.54) is 16.7 Å². The molecule has 15 heavy (non-hydrogen) atoms. The second kappa shape index (κ2) is 5.37. The van der Waals surface area contributed by atoms with Gasteiger partial charge in [0.1, 0.15) is 0 Å². The molecule has 0 aliphatic carbocycles. The summed E-state index contributed by atoms with van der Waals surface area (Å²) in [6.07, 6.45) is -0.449. The minimum absolute atomic E-state index is 0.000357. The zero-order valence-corrected chi connectivity index (χ0v) is 9.71. The first-order valence-electron chi connectivity index (χ1n) is 4.90. The van der Waals surface area contributed by atoms with Gasteiger partial charge >= 0.3 is 6.03 Å². The van der Waals surface area contributed by atoms with E-state index in [0.717, 1.165) is 0 Å². The molecule has 0 spiro atoms. The molecule has 86 valence electrons. The highest BCUT2D eigenvalue weighted by Crippen LogP contribution is 2.15. The highest BCUT2D eigenvalue weighted by atomic mass is 32.2. The summed E-state index contributed by atoms with van der Waals surface area (Å²) in [6, 6.07) is -0.315. The first-order valence-corrected chi connectivity index (χ1v) is 5.95. The van der Waals surface area contributed by atoms with Crippen LogP contribution >= 0.6 is 11.8 Å². The minimum atomic E-state index is -0.449. The predicted octanol–water partition coefficient (Wildman–Crippen LogP) is 0.0407. The molecule has 1 saturated heterocycles. The maximum atomic E-state index is 11.5. The van der Waals surface area contributed by atoms with Crippen molar-refractivity contribution in [3.8, 4) is 0 Å². The third kappa shape index (κ3) is 3.39. The van der Waals surface area contributed by atoms with Gasteiger partial charge in [-0.15, -0.1) is 11.8 Å². The highest BCUT2D eigenvalue weighted by Gasteiger charge is 2.26. The van der Waals surface area contributed by atoms with E-state index in [-0.39, 0.29) is 22.9 Å². The Morgan fingerprint density at radius 2 is 2.33 bits per heavy atom. The number of nitrogens with zero attached hydrogens (tertiary/aromatic N) is 1. The summed E-state index contributed by atoms with van der Waals surface area (Å²) in [4.78, 5) is 23.9. The average Bonchev–Trinajstić information content (AvgIpc) is 2.60. The number of aliphatic hydroxyl groups is 1. The van der Waals surface area contributed by atoms with Gasteiger partial charge in [-0.3, -0.25) is 9.69 Å². The Kier molecular flexibility index (Phi) is 4.41. The molecule has 0 saturated carbocycles. The van der Waals surface area contributed by atoms with E-state index in [1.807, 2.05) is 6.92 Å². The molecule has 0 aromatic heterocycles. The van der Waals surface area contributed by atoms with Gasteiger partial charge in [0.05, 0.1) is 11.9 Å². The van der Waals surface area contributed by atoms with Crippen LogP contribution in [0.5, 0.6) is 0 Å². The van der Waals surface area contributed by atoms with Crippen molar-refractivity contribution in [1.29, 1.82) is 0 Å². The molecule has 2 unspecified atom stereocenters. The molecular formula is C9H16N2O3S. The Bertz CT molecular complexity index is 258. The quantitative estimate of drug-likeness (QED) is 0.718. The number of imide groups is 1. The molecular weight excluding hydrogens is 216 g/mol. The number of hydrogen-bond donors (Lipinski definition) is 2. The van der Waals surface area contributed by atoms with E-state index in [2.05, 4.69) is 5.32 Å². The molecule has 5 nitrogen and oxygen atoms in total. The van der Waals surface area contributed by atoms with Crippen molar-refractivity contribution in [3.63, 3.8) is 0 Å². The van der Waals surface area contributed by atoms with Crippen LogP contribution in [-0.4, -0.2) is 52.1 Å². The molecule has 1 aliphatic rings. The van der Waals surface area contributed by atoms with Gasteiger partial charge in [0, 0.05) is 18.3 Å². The van der Waals surface area contributed by atoms with Gasteiger partial charge in [-0.1, -0.05) is 6.92 Å². The van der Waals surface area contributed by atoms with Crippen LogP contribution in [0.25, 0.3) is 0 Å². The van der Waals surface area contributed by atoms with Crippen LogP contribution < -0.4 is 5.32 Å². The number of aliphatic hydroxyl groups excluding tert-OH is 1. The molecule has 2 N–H and O–H groups in total. The Balaban J connectivity index is 2.33. The smallest absolute Gasteiger partial charge is 0.324 e. The van der Waals surface area contributed by atoms with Crippen molar-refractivity contribution < 1.29 is 14.7 Å². The van der Waals surface area contributed by atoms with E-state index in [0.29, 0.717) is 13.1 Å². The lowest BCUT2D eigenvalue weighted by atomic mass is 10.3. The highest BCUT2D eigenvalue weighted by molar-refractivity contribution is 8.00. The fraction of sp³-hybridized carbons (Fsp3) is 0.778. The molecule has 1 rings (SSSR count). The normalized spacial score (nSPS) is 19.9. The summed E-state index contributed by atoms with van der Waals surface area (Å²) < 4.78 is 0. The minimum Gasteiger partial charge on any atom is -0.392 e. The van der Waals surface area contributed by atoms with Crippen molar-refractivity contribution in [1.82, 2.24) is 10.2 Å². The standard InChI is InChI=1S/C9H16N2O3S/c1-6(12)7(2)15-5-8(13)11-4-3-10-9(11)14/h6-7,12H,3-5H2,1-2H3,(H,10,14). The first-order chi connectivity index (χ1) is 7.02. The van der Waals surface area contributed by atoms with Gasteiger partial charge in [-0.25, -0.2) is 4.79 Å². The molecule has 1 aliphatic heterocycles. The number of carbonyl (C=O) groups excluding carboxylic acids is 2. The Morgan fingerprint density at radius 3 is 2.80 bits per heavy atom. The second-order valence-corrected chi connectivity index (χ2v) is 4.90. The van der Waals surface area contributed by atoms with Crippen molar-refractivity contribution in [2.45, 2.75) is 25.2 Å². The fourth-order valence-electron chi connectivity index (χ4n) is 1.13. The van der Waals surface area contributed by atoms with Crippen molar-refractivity contribution in [2.24, 2.45) is 0 Å². The van der Waals surface area contributed by atoms with Crippen molar-refractivity contribution in [2.75, 3.05) is 18.8 Å². The van der Waals surface area contributed by atoms with Crippen LogP contribution in [0.1, 0.15) is 13.8 Å². The van der Waals surface area contributed by atoms with Gasteiger partial charge in [0.2, 0.25) is 5.91 Å². The van der Waals surface area contributed by atoms with E-state index < -0.39 is 6.10 Å². The summed E-state index contributed by atoms with van der Waals surface area (Å²) in [5.41, 5.74) is 0. The fourth-order valence-corrected chi connectivity index (χ4v) is 1.97. The number of amides is 3. The lowest BCUT2D eigenvalue weighted by Crippen LogP contribution is -2.36. The molecule has 0 aromatic carbocycles. The summed E-state index contributed by atoms with van der Waals surface area (Å²) in [5.74, 6) is 0.0435. The zero-order valence-electron chi connectivity index (χ0n) is 8.90. The molecule has 6 heteroatoms. The maximum Gasteiger partial charge on any atom is 0.324 e. The summed E-state index contributed by atoms with van der Waals surface area (Å²) in [5, 5.41) is 11.8. The van der Waals surface area contributed by atoms with Crippen LogP contribution in [0.3, 0.4) is 0 Å². The number of hydrogen-bond acceptors (Lipinski definition) is 4. The number of nitrogens with one attached hydrogen (secondary N) is 1. The maximum absolute atomic E-state index is 11.5. The van der Waals surface area contributed by atoms with Crippen molar-refractivity contribution >= 4 is 23.7 Å². The number of rotatable bonds is 4. The van der Waals surface area contributed by atoms with E-state index >= 15 is 0 Å². The molecule has 3 amide bonds. The Morgan fingerprint density at radius 1 is 1.67 bits per heavy atom. The monoisotopic (exact) mass is 232 g/mol.